The van der Waals surface area contributed by atoms with Gasteiger partial charge in [0, 0.05) is 29.9 Å². The first-order valence-electron chi connectivity index (χ1n) is 11.3. The Bertz CT molecular complexity index is 1600. The van der Waals surface area contributed by atoms with Crippen molar-refractivity contribution in [3.63, 3.8) is 0 Å². The maximum Gasteiger partial charge on any atom is 0.334 e. The van der Waals surface area contributed by atoms with Crippen LogP contribution in [0.3, 0.4) is 0 Å². The number of carboxylic acid groups (broad SMARTS) is 1. The molecule has 0 aliphatic heterocycles. The normalized spacial score (nSPS) is 12.5. The van der Waals surface area contributed by atoms with Crippen molar-refractivity contribution in [2.24, 2.45) is 0 Å². The number of nitrogens with zero attached hydrogens (tertiary/aromatic N) is 3. The summed E-state index contributed by atoms with van der Waals surface area (Å²) in [6.07, 6.45) is 7.02. The number of hydrogen-bond acceptors (Lipinski definition) is 6. The van der Waals surface area contributed by atoms with Gasteiger partial charge in [0.2, 0.25) is 5.95 Å². The van der Waals surface area contributed by atoms with Crippen LogP contribution in [0.15, 0.2) is 64.4 Å². The van der Waals surface area contributed by atoms with E-state index in [-0.39, 0.29) is 18.3 Å². The Morgan fingerprint density at radius 2 is 1.64 bits per heavy atom. The van der Waals surface area contributed by atoms with E-state index in [2.05, 4.69) is 44.6 Å². The summed E-state index contributed by atoms with van der Waals surface area (Å²) in [5.74, 6) is -1.26. The summed E-state index contributed by atoms with van der Waals surface area (Å²) in [5.41, 5.74) is 5.31. The summed E-state index contributed by atoms with van der Waals surface area (Å²) >= 11 is 0. The largest absolute Gasteiger partial charge is 0.480 e. The number of carbonyl (C=O) groups is 1. The molecule has 1 aliphatic carbocycles. The quantitative estimate of drug-likeness (QED) is 0.352. The molecule has 5 rings (SSSR count). The number of rotatable bonds is 5. The second-order valence-corrected chi connectivity index (χ2v) is 8.73. The van der Waals surface area contributed by atoms with Gasteiger partial charge in [-0.2, -0.15) is 4.98 Å². The lowest BCUT2D eigenvalue weighted by Crippen LogP contribution is -2.33. The minimum absolute atomic E-state index is 0.0508. The van der Waals surface area contributed by atoms with Crippen molar-refractivity contribution < 1.29 is 9.90 Å². The number of aliphatic carboxylic acids is 1. The number of aromatic amines is 1. The number of carboxylic acids is 1. The lowest BCUT2D eigenvalue weighted by molar-refractivity contribution is -0.134. The summed E-state index contributed by atoms with van der Waals surface area (Å²) < 4.78 is 1.24. The molecule has 0 saturated heterocycles. The van der Waals surface area contributed by atoms with Crippen LogP contribution in [0.2, 0.25) is 0 Å². The first kappa shape index (κ1) is 23.0. The van der Waals surface area contributed by atoms with E-state index < -0.39 is 23.1 Å². The fraction of sp³-hybridized carbons (Fsp3) is 0.148. The van der Waals surface area contributed by atoms with Crippen LogP contribution in [0.4, 0.5) is 5.95 Å². The fourth-order valence-corrected chi connectivity index (χ4v) is 4.47. The first-order valence-corrected chi connectivity index (χ1v) is 11.3. The SMILES string of the molecule is Cc1ccc2c(c1)C=Cc1cc(C)ccc1C2c1cn(-c2ccnc(NCC(=O)O)n2)c(=O)[nH]c1=O. The van der Waals surface area contributed by atoms with Gasteiger partial charge in [-0.25, -0.2) is 9.78 Å². The maximum absolute atomic E-state index is 13.2. The molecule has 0 bridgehead atoms. The third kappa shape index (κ3) is 4.34. The Kier molecular flexibility index (Phi) is 5.81. The molecule has 3 N–H and O–H groups in total. The third-order valence-electron chi connectivity index (χ3n) is 6.12. The van der Waals surface area contributed by atoms with Crippen molar-refractivity contribution in [2.75, 3.05) is 11.9 Å². The number of anilines is 1. The number of nitrogens with one attached hydrogen (secondary N) is 2. The zero-order valence-corrected chi connectivity index (χ0v) is 19.6. The van der Waals surface area contributed by atoms with Gasteiger partial charge in [0.25, 0.3) is 5.56 Å². The molecule has 0 fully saturated rings. The number of benzene rings is 2. The zero-order chi connectivity index (χ0) is 25.4. The standard InChI is InChI=1S/C27H23N5O4/c1-15-3-7-19-17(11-15)5-6-18-12-16(2)4-8-20(18)24(19)21-14-32(27(36)31-25(21)35)22-9-10-28-26(30-22)29-13-23(33)34/h3-12,14,24H,13H2,1-2H3,(H,33,34)(H,28,29,30)(H,31,35,36). The molecule has 2 heterocycles. The van der Waals surface area contributed by atoms with E-state index in [0.717, 1.165) is 33.4 Å². The van der Waals surface area contributed by atoms with Crippen LogP contribution in [0.5, 0.6) is 0 Å². The Morgan fingerprint density at radius 3 is 2.25 bits per heavy atom. The van der Waals surface area contributed by atoms with Crippen molar-refractivity contribution in [1.82, 2.24) is 19.5 Å². The molecule has 0 atom stereocenters. The summed E-state index contributed by atoms with van der Waals surface area (Å²) in [7, 11) is 0. The highest BCUT2D eigenvalue weighted by Crippen LogP contribution is 2.38. The van der Waals surface area contributed by atoms with Crippen molar-refractivity contribution in [1.29, 1.82) is 0 Å². The van der Waals surface area contributed by atoms with E-state index in [0.29, 0.717) is 5.56 Å². The second-order valence-electron chi connectivity index (χ2n) is 8.73. The molecule has 36 heavy (non-hydrogen) atoms. The van der Waals surface area contributed by atoms with Crippen molar-refractivity contribution in [3.05, 3.63) is 115 Å². The van der Waals surface area contributed by atoms with Gasteiger partial charge < -0.3 is 10.4 Å². The highest BCUT2D eigenvalue weighted by Gasteiger charge is 2.27. The van der Waals surface area contributed by atoms with Crippen LogP contribution < -0.4 is 16.6 Å². The van der Waals surface area contributed by atoms with Crippen LogP contribution in [0.25, 0.3) is 18.0 Å². The van der Waals surface area contributed by atoms with E-state index in [1.807, 2.05) is 38.1 Å². The van der Waals surface area contributed by atoms with Crippen LogP contribution >= 0.6 is 0 Å². The number of hydrogen-bond donors (Lipinski definition) is 3. The minimum atomic E-state index is -1.07. The van der Waals surface area contributed by atoms with Crippen LogP contribution in [0, 0.1) is 13.8 Å². The topological polar surface area (TPSA) is 130 Å². The van der Waals surface area contributed by atoms with Gasteiger partial charge in [-0.3, -0.25) is 19.1 Å². The van der Waals surface area contributed by atoms with Crippen LogP contribution in [-0.4, -0.2) is 37.1 Å². The molecule has 0 saturated carbocycles. The van der Waals surface area contributed by atoms with E-state index >= 15 is 0 Å². The van der Waals surface area contributed by atoms with Gasteiger partial charge in [0.15, 0.2) is 0 Å². The van der Waals surface area contributed by atoms with Crippen LogP contribution in [-0.2, 0) is 4.79 Å². The summed E-state index contributed by atoms with van der Waals surface area (Å²) in [4.78, 5) is 47.6. The van der Waals surface area contributed by atoms with Gasteiger partial charge in [-0.15, -0.1) is 0 Å². The molecule has 0 amide bonds. The molecular formula is C27H23N5O4. The highest BCUT2D eigenvalue weighted by molar-refractivity contribution is 5.78. The van der Waals surface area contributed by atoms with Crippen molar-refractivity contribution >= 4 is 24.1 Å². The van der Waals surface area contributed by atoms with Gasteiger partial charge in [-0.05, 0) is 36.1 Å². The number of aromatic nitrogens is 4. The van der Waals surface area contributed by atoms with Gasteiger partial charge in [0.05, 0.1) is 0 Å². The second kappa shape index (κ2) is 9.10. The predicted octanol–water partition coefficient (Wildman–Crippen LogP) is 3.09. The average Bonchev–Trinajstić information content (AvgIpc) is 2.99. The molecule has 4 aromatic rings. The van der Waals surface area contributed by atoms with Crippen molar-refractivity contribution in [3.8, 4) is 5.82 Å². The molecule has 0 spiro atoms. The molecule has 9 nitrogen and oxygen atoms in total. The summed E-state index contributed by atoms with van der Waals surface area (Å²) in [6.45, 7) is 3.66. The highest BCUT2D eigenvalue weighted by atomic mass is 16.4. The lowest BCUT2D eigenvalue weighted by atomic mass is 9.82. The number of fused-ring (bicyclic) bond motifs is 2. The van der Waals surface area contributed by atoms with Gasteiger partial charge >= 0.3 is 11.7 Å². The van der Waals surface area contributed by atoms with Gasteiger partial charge in [-0.1, -0.05) is 59.7 Å². The van der Waals surface area contributed by atoms with E-state index in [4.69, 9.17) is 5.11 Å². The fourth-order valence-electron chi connectivity index (χ4n) is 4.47. The molecule has 0 unspecified atom stereocenters. The first-order chi connectivity index (χ1) is 17.3. The number of aryl methyl sites for hydroxylation is 2. The van der Waals surface area contributed by atoms with E-state index in [1.165, 1.54) is 23.0 Å². The molecular weight excluding hydrogens is 458 g/mol. The molecule has 2 aromatic carbocycles. The lowest BCUT2D eigenvalue weighted by Gasteiger charge is -2.21. The molecule has 1 aliphatic rings. The molecule has 180 valence electrons. The third-order valence-corrected chi connectivity index (χ3v) is 6.12. The molecule has 2 aromatic heterocycles. The van der Waals surface area contributed by atoms with Crippen molar-refractivity contribution in [2.45, 2.75) is 19.8 Å². The Labute approximate surface area is 205 Å². The zero-order valence-electron chi connectivity index (χ0n) is 19.6. The molecule has 9 heteroatoms. The smallest absolute Gasteiger partial charge is 0.334 e. The predicted molar refractivity (Wildman–Crippen MR) is 137 cm³/mol. The number of H-pyrrole nitrogens is 1. The summed E-state index contributed by atoms with van der Waals surface area (Å²) in [6, 6.07) is 13.7. The maximum atomic E-state index is 13.2. The Hall–Kier alpha value is -4.79. The molecule has 0 radical (unpaired) electrons. The Balaban J connectivity index is 1.71. The average molecular weight is 482 g/mol. The van der Waals surface area contributed by atoms with Gasteiger partial charge in [0.1, 0.15) is 12.4 Å². The monoisotopic (exact) mass is 481 g/mol. The Morgan fingerprint density at radius 1 is 1.00 bits per heavy atom. The van der Waals surface area contributed by atoms with E-state index in [9.17, 15) is 14.4 Å². The summed E-state index contributed by atoms with van der Waals surface area (Å²) in [5, 5.41) is 11.5. The minimum Gasteiger partial charge on any atom is -0.480 e. The van der Waals surface area contributed by atoms with E-state index in [1.54, 1.807) is 0 Å². The van der Waals surface area contributed by atoms with Crippen LogP contribution in [0.1, 0.15) is 44.9 Å².